The van der Waals surface area contributed by atoms with Crippen LogP contribution in [0.15, 0.2) is 23.3 Å². The van der Waals surface area contributed by atoms with Crippen LogP contribution in [0.5, 0.6) is 0 Å². The summed E-state index contributed by atoms with van der Waals surface area (Å²) in [5, 5.41) is 7.25. The Hall–Kier alpha value is -1.33. The number of aliphatic imine (C=N–C) groups is 1. The fourth-order valence-electron chi connectivity index (χ4n) is 3.50. The highest BCUT2D eigenvalue weighted by Gasteiger charge is 2.20. The Morgan fingerprint density at radius 1 is 1.28 bits per heavy atom. The van der Waals surface area contributed by atoms with Crippen molar-refractivity contribution in [2.24, 2.45) is 16.8 Å². The van der Waals surface area contributed by atoms with Gasteiger partial charge in [0.1, 0.15) is 5.15 Å². The van der Waals surface area contributed by atoms with Crippen molar-refractivity contribution in [1.82, 2.24) is 20.5 Å². The third-order valence-corrected chi connectivity index (χ3v) is 4.69. The molecule has 2 rings (SSSR count). The molecule has 1 aliphatic heterocycles. The highest BCUT2D eigenvalue weighted by atomic mass is 35.5. The second-order valence-corrected chi connectivity index (χ2v) is 7.52. The summed E-state index contributed by atoms with van der Waals surface area (Å²) in [6.45, 7) is 12.8. The van der Waals surface area contributed by atoms with Crippen molar-refractivity contribution >= 4 is 17.6 Å². The molecule has 2 atom stereocenters. The van der Waals surface area contributed by atoms with Gasteiger partial charge in [0.25, 0.3) is 0 Å². The first-order valence-corrected chi connectivity index (χ1v) is 9.79. The molecule has 0 aliphatic carbocycles. The van der Waals surface area contributed by atoms with Crippen LogP contribution < -0.4 is 10.6 Å². The molecule has 2 N–H and O–H groups in total. The quantitative estimate of drug-likeness (QED) is 0.443. The van der Waals surface area contributed by atoms with Crippen LogP contribution in [-0.2, 0) is 6.42 Å². The van der Waals surface area contributed by atoms with E-state index in [1.807, 2.05) is 18.3 Å². The maximum Gasteiger partial charge on any atom is 0.191 e. The summed E-state index contributed by atoms with van der Waals surface area (Å²) in [5.74, 6) is 2.49. The molecule has 0 saturated carbocycles. The SMILES string of the molecule is CCNC(=NCCN1CC(C)CC(C)C1)NCCc1ccc(Cl)nc1. The molecule has 5 nitrogen and oxygen atoms in total. The van der Waals surface area contributed by atoms with E-state index in [-0.39, 0.29) is 0 Å². The standard InChI is InChI=1S/C19H32ClN5/c1-4-21-19(22-8-7-17-5-6-18(20)24-12-17)23-9-10-25-13-15(2)11-16(3)14-25/h5-6,12,15-16H,4,7-11,13-14H2,1-3H3,(H2,21,22,23). The molecule has 6 heteroatoms. The van der Waals surface area contributed by atoms with E-state index >= 15 is 0 Å². The Morgan fingerprint density at radius 3 is 2.68 bits per heavy atom. The molecular weight excluding hydrogens is 334 g/mol. The van der Waals surface area contributed by atoms with Crippen molar-refractivity contribution in [2.75, 3.05) is 39.3 Å². The molecule has 25 heavy (non-hydrogen) atoms. The Bertz CT molecular complexity index is 521. The zero-order valence-electron chi connectivity index (χ0n) is 15.8. The summed E-state index contributed by atoms with van der Waals surface area (Å²) >= 11 is 5.82. The number of piperidine rings is 1. The molecule has 1 aromatic rings. The number of nitrogens with one attached hydrogen (secondary N) is 2. The number of halogens is 1. The van der Waals surface area contributed by atoms with E-state index in [4.69, 9.17) is 16.6 Å². The monoisotopic (exact) mass is 365 g/mol. The van der Waals surface area contributed by atoms with E-state index in [0.29, 0.717) is 5.15 Å². The van der Waals surface area contributed by atoms with E-state index in [2.05, 4.69) is 41.3 Å². The summed E-state index contributed by atoms with van der Waals surface area (Å²) in [6, 6.07) is 3.84. The van der Waals surface area contributed by atoms with Crippen LogP contribution in [0.4, 0.5) is 0 Å². The van der Waals surface area contributed by atoms with Crippen LogP contribution in [0.3, 0.4) is 0 Å². The topological polar surface area (TPSA) is 52.6 Å². The van der Waals surface area contributed by atoms with Crippen LogP contribution in [-0.4, -0.2) is 55.1 Å². The zero-order chi connectivity index (χ0) is 18.1. The summed E-state index contributed by atoms with van der Waals surface area (Å²) in [7, 11) is 0. The highest BCUT2D eigenvalue weighted by Crippen LogP contribution is 2.20. The lowest BCUT2D eigenvalue weighted by Crippen LogP contribution is -2.41. The number of guanidine groups is 1. The van der Waals surface area contributed by atoms with Gasteiger partial charge in [0.05, 0.1) is 6.54 Å². The third-order valence-electron chi connectivity index (χ3n) is 4.47. The van der Waals surface area contributed by atoms with Crippen LogP contribution in [0.1, 0.15) is 32.8 Å². The number of likely N-dealkylation sites (tertiary alicyclic amines) is 1. The molecule has 1 aromatic heterocycles. The normalized spacial score (nSPS) is 22.0. The van der Waals surface area contributed by atoms with Crippen LogP contribution in [0.25, 0.3) is 0 Å². The largest absolute Gasteiger partial charge is 0.357 e. The van der Waals surface area contributed by atoms with Gasteiger partial charge in [0.15, 0.2) is 5.96 Å². The van der Waals surface area contributed by atoms with Gasteiger partial charge < -0.3 is 15.5 Å². The lowest BCUT2D eigenvalue weighted by Gasteiger charge is -2.34. The lowest BCUT2D eigenvalue weighted by atomic mass is 9.92. The molecule has 2 heterocycles. The maximum absolute atomic E-state index is 5.82. The van der Waals surface area contributed by atoms with E-state index in [9.17, 15) is 0 Å². The molecule has 1 aliphatic rings. The van der Waals surface area contributed by atoms with Gasteiger partial charge in [0.2, 0.25) is 0 Å². The maximum atomic E-state index is 5.82. The van der Waals surface area contributed by atoms with Gasteiger partial charge in [0, 0.05) is 38.9 Å². The summed E-state index contributed by atoms with van der Waals surface area (Å²) in [6.07, 6.45) is 4.08. The molecule has 140 valence electrons. The fourth-order valence-corrected chi connectivity index (χ4v) is 3.61. The minimum absolute atomic E-state index is 0.535. The number of nitrogens with zero attached hydrogens (tertiary/aromatic N) is 3. The summed E-state index contributed by atoms with van der Waals surface area (Å²) < 4.78 is 0. The van der Waals surface area contributed by atoms with Gasteiger partial charge in [-0.1, -0.05) is 31.5 Å². The van der Waals surface area contributed by atoms with E-state index < -0.39 is 0 Å². The Balaban J connectivity index is 1.74. The van der Waals surface area contributed by atoms with Gasteiger partial charge >= 0.3 is 0 Å². The smallest absolute Gasteiger partial charge is 0.191 e. The van der Waals surface area contributed by atoms with Crippen LogP contribution >= 0.6 is 11.6 Å². The van der Waals surface area contributed by atoms with Gasteiger partial charge in [-0.3, -0.25) is 4.99 Å². The first-order valence-electron chi connectivity index (χ1n) is 9.41. The van der Waals surface area contributed by atoms with Crippen molar-refractivity contribution in [3.63, 3.8) is 0 Å². The average Bonchev–Trinajstić information content (AvgIpc) is 2.56. The first kappa shape index (κ1) is 20.0. The summed E-state index contributed by atoms with van der Waals surface area (Å²) in [4.78, 5) is 11.4. The number of rotatable bonds is 7. The van der Waals surface area contributed by atoms with Crippen LogP contribution in [0.2, 0.25) is 5.15 Å². The summed E-state index contributed by atoms with van der Waals surface area (Å²) in [5.41, 5.74) is 1.17. The number of hydrogen-bond donors (Lipinski definition) is 2. The van der Waals surface area contributed by atoms with E-state index in [0.717, 1.165) is 50.4 Å². The lowest BCUT2D eigenvalue weighted by molar-refractivity contribution is 0.145. The van der Waals surface area contributed by atoms with Crippen molar-refractivity contribution in [3.05, 3.63) is 29.0 Å². The first-order chi connectivity index (χ1) is 12.1. The molecule has 0 bridgehead atoms. The minimum Gasteiger partial charge on any atom is -0.357 e. The van der Waals surface area contributed by atoms with E-state index in [1.165, 1.54) is 25.1 Å². The number of aromatic nitrogens is 1. The predicted molar refractivity (Wildman–Crippen MR) is 106 cm³/mol. The van der Waals surface area contributed by atoms with Crippen LogP contribution in [0, 0.1) is 11.8 Å². The minimum atomic E-state index is 0.535. The number of hydrogen-bond acceptors (Lipinski definition) is 3. The van der Waals surface area contributed by atoms with Crippen molar-refractivity contribution in [3.8, 4) is 0 Å². The predicted octanol–water partition coefficient (Wildman–Crippen LogP) is 2.81. The fraction of sp³-hybridized carbons (Fsp3) is 0.684. The Morgan fingerprint density at radius 2 is 2.04 bits per heavy atom. The van der Waals surface area contributed by atoms with Gasteiger partial charge in [-0.15, -0.1) is 0 Å². The molecule has 1 fully saturated rings. The Kier molecular flexibility index (Phi) is 8.49. The van der Waals surface area contributed by atoms with Crippen molar-refractivity contribution in [2.45, 2.75) is 33.6 Å². The molecular formula is C19H32ClN5. The van der Waals surface area contributed by atoms with Crippen molar-refractivity contribution < 1.29 is 0 Å². The zero-order valence-corrected chi connectivity index (χ0v) is 16.5. The van der Waals surface area contributed by atoms with Gasteiger partial charge in [-0.2, -0.15) is 0 Å². The highest BCUT2D eigenvalue weighted by molar-refractivity contribution is 6.29. The van der Waals surface area contributed by atoms with Gasteiger partial charge in [-0.05, 0) is 43.2 Å². The molecule has 0 amide bonds. The molecule has 0 aromatic carbocycles. The average molecular weight is 366 g/mol. The van der Waals surface area contributed by atoms with Crippen molar-refractivity contribution in [1.29, 1.82) is 0 Å². The van der Waals surface area contributed by atoms with E-state index in [1.54, 1.807) is 0 Å². The molecule has 0 spiro atoms. The molecule has 2 unspecified atom stereocenters. The Labute approximate surface area is 157 Å². The third kappa shape index (κ3) is 7.61. The molecule has 1 saturated heterocycles. The second-order valence-electron chi connectivity index (χ2n) is 7.13. The molecule has 0 radical (unpaired) electrons. The van der Waals surface area contributed by atoms with Gasteiger partial charge in [-0.25, -0.2) is 4.98 Å². The number of pyridine rings is 1. The second kappa shape index (κ2) is 10.6.